The van der Waals surface area contributed by atoms with Gasteiger partial charge in [0.1, 0.15) is 11.5 Å². The van der Waals surface area contributed by atoms with Gasteiger partial charge in [-0.1, -0.05) is 38.8 Å². The van der Waals surface area contributed by atoms with Crippen molar-refractivity contribution in [1.29, 1.82) is 0 Å². The molecule has 25 heavy (non-hydrogen) atoms. The third-order valence-corrected chi connectivity index (χ3v) is 5.31. The standard InChI is InChI=1S/C23H32O2/c1-5-7-9-20-16(3)18(11-13-22(20)24)15-19-12-14-23(25)21(17(19)4)10-8-6-2/h11-14,24-25H,5-10,15H2,1-4H3. The van der Waals surface area contributed by atoms with E-state index in [0.29, 0.717) is 11.5 Å². The molecule has 0 aliphatic rings. The van der Waals surface area contributed by atoms with Crippen molar-refractivity contribution in [1.82, 2.24) is 0 Å². The van der Waals surface area contributed by atoms with E-state index in [1.54, 1.807) is 0 Å². The minimum atomic E-state index is 0.417. The van der Waals surface area contributed by atoms with Crippen LogP contribution in [0.15, 0.2) is 24.3 Å². The van der Waals surface area contributed by atoms with Gasteiger partial charge in [0.15, 0.2) is 0 Å². The van der Waals surface area contributed by atoms with Crippen LogP contribution in [-0.4, -0.2) is 10.2 Å². The molecule has 2 N–H and O–H groups in total. The molecule has 136 valence electrons. The highest BCUT2D eigenvalue weighted by molar-refractivity contribution is 5.49. The Hall–Kier alpha value is -1.96. The van der Waals surface area contributed by atoms with Crippen molar-refractivity contribution in [2.75, 3.05) is 0 Å². The van der Waals surface area contributed by atoms with Crippen LogP contribution in [0.5, 0.6) is 11.5 Å². The van der Waals surface area contributed by atoms with Crippen LogP contribution < -0.4 is 0 Å². The summed E-state index contributed by atoms with van der Waals surface area (Å²) in [5.74, 6) is 0.835. The SMILES string of the molecule is CCCCc1c(O)ccc(Cc2ccc(O)c(CCCC)c2C)c1C. The van der Waals surface area contributed by atoms with E-state index in [1.165, 1.54) is 22.3 Å². The number of phenolic OH excluding ortho intramolecular Hbond substituents is 2. The first-order valence-corrected chi connectivity index (χ1v) is 9.60. The lowest BCUT2D eigenvalue weighted by atomic mass is 9.90. The van der Waals surface area contributed by atoms with E-state index in [4.69, 9.17) is 0 Å². The molecule has 0 saturated carbocycles. The Balaban J connectivity index is 2.33. The quantitative estimate of drug-likeness (QED) is 0.619. The zero-order chi connectivity index (χ0) is 18.4. The van der Waals surface area contributed by atoms with Gasteiger partial charge in [0, 0.05) is 0 Å². The van der Waals surface area contributed by atoms with E-state index in [1.807, 2.05) is 24.3 Å². The Kier molecular flexibility index (Phi) is 6.92. The maximum atomic E-state index is 10.2. The van der Waals surface area contributed by atoms with Gasteiger partial charge in [0.2, 0.25) is 0 Å². The van der Waals surface area contributed by atoms with Gasteiger partial charge in [-0.15, -0.1) is 0 Å². The van der Waals surface area contributed by atoms with Crippen LogP contribution in [0.25, 0.3) is 0 Å². The Morgan fingerprint density at radius 2 is 1.08 bits per heavy atom. The summed E-state index contributed by atoms with van der Waals surface area (Å²) in [5.41, 5.74) is 7.11. The molecule has 0 fully saturated rings. The number of hydrogen-bond donors (Lipinski definition) is 2. The molecule has 0 saturated heterocycles. The summed E-state index contributed by atoms with van der Waals surface area (Å²) in [6.07, 6.45) is 7.14. The van der Waals surface area contributed by atoms with Gasteiger partial charge in [0.05, 0.1) is 0 Å². The predicted octanol–water partition coefficient (Wildman–Crippen LogP) is 5.99. The van der Waals surface area contributed by atoms with Crippen LogP contribution in [0, 0.1) is 13.8 Å². The van der Waals surface area contributed by atoms with Crippen molar-refractivity contribution in [3.05, 3.63) is 57.6 Å². The van der Waals surface area contributed by atoms with Gasteiger partial charge in [0.25, 0.3) is 0 Å². The molecule has 0 aromatic heterocycles. The minimum Gasteiger partial charge on any atom is -0.508 e. The molecule has 2 heteroatoms. The fourth-order valence-corrected chi connectivity index (χ4v) is 3.51. The van der Waals surface area contributed by atoms with Gasteiger partial charge in [-0.3, -0.25) is 0 Å². The fraction of sp³-hybridized carbons (Fsp3) is 0.478. The van der Waals surface area contributed by atoms with Crippen molar-refractivity contribution < 1.29 is 10.2 Å². The molecule has 0 aliphatic heterocycles. The molecule has 0 heterocycles. The second-order valence-corrected chi connectivity index (χ2v) is 7.08. The van der Waals surface area contributed by atoms with Crippen molar-refractivity contribution in [3.63, 3.8) is 0 Å². The number of hydrogen-bond acceptors (Lipinski definition) is 2. The van der Waals surface area contributed by atoms with Crippen LogP contribution in [0.3, 0.4) is 0 Å². The van der Waals surface area contributed by atoms with E-state index in [9.17, 15) is 10.2 Å². The van der Waals surface area contributed by atoms with Crippen LogP contribution in [0.2, 0.25) is 0 Å². The third kappa shape index (κ3) is 4.56. The predicted molar refractivity (Wildman–Crippen MR) is 106 cm³/mol. The molecule has 0 atom stereocenters. The molecule has 0 radical (unpaired) electrons. The lowest BCUT2D eigenvalue weighted by molar-refractivity contribution is 0.466. The molecular weight excluding hydrogens is 308 g/mol. The lowest BCUT2D eigenvalue weighted by Gasteiger charge is -2.17. The maximum absolute atomic E-state index is 10.2. The smallest absolute Gasteiger partial charge is 0.119 e. The maximum Gasteiger partial charge on any atom is 0.119 e. The molecular formula is C23H32O2. The molecule has 2 nitrogen and oxygen atoms in total. The van der Waals surface area contributed by atoms with Crippen LogP contribution >= 0.6 is 0 Å². The summed E-state index contributed by atoms with van der Waals surface area (Å²) in [6.45, 7) is 8.59. The summed E-state index contributed by atoms with van der Waals surface area (Å²) < 4.78 is 0. The zero-order valence-electron chi connectivity index (χ0n) is 16.2. The summed E-state index contributed by atoms with van der Waals surface area (Å²) in [7, 11) is 0. The highest BCUT2D eigenvalue weighted by atomic mass is 16.3. The monoisotopic (exact) mass is 340 g/mol. The van der Waals surface area contributed by atoms with Crippen molar-refractivity contribution in [3.8, 4) is 11.5 Å². The molecule has 2 aromatic rings. The van der Waals surface area contributed by atoms with E-state index < -0.39 is 0 Å². The largest absolute Gasteiger partial charge is 0.508 e. The van der Waals surface area contributed by atoms with Crippen LogP contribution in [0.1, 0.15) is 72.9 Å². The highest BCUT2D eigenvalue weighted by Gasteiger charge is 2.13. The first-order valence-electron chi connectivity index (χ1n) is 9.60. The third-order valence-electron chi connectivity index (χ3n) is 5.31. The molecule has 0 spiro atoms. The van der Waals surface area contributed by atoms with Crippen LogP contribution in [-0.2, 0) is 19.3 Å². The van der Waals surface area contributed by atoms with Gasteiger partial charge < -0.3 is 10.2 Å². The number of aromatic hydroxyl groups is 2. The second-order valence-electron chi connectivity index (χ2n) is 7.08. The fourth-order valence-electron chi connectivity index (χ4n) is 3.51. The summed E-state index contributed by atoms with van der Waals surface area (Å²) in [5, 5.41) is 20.4. The Morgan fingerprint density at radius 1 is 0.680 bits per heavy atom. The Labute approximate surface area is 152 Å². The molecule has 0 aliphatic carbocycles. The first-order chi connectivity index (χ1) is 12.0. The van der Waals surface area contributed by atoms with Crippen molar-refractivity contribution in [2.45, 2.75) is 72.6 Å². The van der Waals surface area contributed by atoms with Gasteiger partial charge in [-0.05, 0) is 91.5 Å². The summed E-state index contributed by atoms with van der Waals surface area (Å²) in [6, 6.07) is 7.75. The van der Waals surface area contributed by atoms with Gasteiger partial charge >= 0.3 is 0 Å². The van der Waals surface area contributed by atoms with Crippen LogP contribution in [0.4, 0.5) is 0 Å². The van der Waals surface area contributed by atoms with E-state index in [-0.39, 0.29) is 0 Å². The lowest BCUT2D eigenvalue weighted by Crippen LogP contribution is -2.01. The van der Waals surface area contributed by atoms with Gasteiger partial charge in [-0.25, -0.2) is 0 Å². The zero-order valence-corrected chi connectivity index (χ0v) is 16.2. The number of benzene rings is 2. The first kappa shape index (κ1) is 19.4. The van der Waals surface area contributed by atoms with Crippen molar-refractivity contribution >= 4 is 0 Å². The summed E-state index contributed by atoms with van der Waals surface area (Å²) >= 11 is 0. The average Bonchev–Trinajstić information content (AvgIpc) is 2.59. The topological polar surface area (TPSA) is 40.5 Å². The molecule has 0 amide bonds. The molecule has 2 aromatic carbocycles. The Bertz CT molecular complexity index is 655. The van der Waals surface area contributed by atoms with Gasteiger partial charge in [-0.2, -0.15) is 0 Å². The van der Waals surface area contributed by atoms with E-state index in [2.05, 4.69) is 27.7 Å². The Morgan fingerprint density at radius 3 is 1.44 bits per heavy atom. The number of unbranched alkanes of at least 4 members (excludes halogenated alkanes) is 2. The summed E-state index contributed by atoms with van der Waals surface area (Å²) in [4.78, 5) is 0. The number of rotatable bonds is 8. The van der Waals surface area contributed by atoms with E-state index >= 15 is 0 Å². The minimum absolute atomic E-state index is 0.417. The highest BCUT2D eigenvalue weighted by Crippen LogP contribution is 2.31. The second kappa shape index (κ2) is 8.94. The average molecular weight is 341 g/mol. The van der Waals surface area contributed by atoms with Crippen molar-refractivity contribution in [2.24, 2.45) is 0 Å². The normalized spacial score (nSPS) is 11.0. The molecule has 0 bridgehead atoms. The number of phenols is 2. The molecule has 2 rings (SSSR count). The van der Waals surface area contributed by atoms with E-state index in [0.717, 1.165) is 56.1 Å². The molecule has 0 unspecified atom stereocenters.